The maximum Gasteiger partial charge on any atom is 0.423 e. The molecule has 1 aromatic carbocycles. The molecule has 0 aliphatic carbocycles. The van der Waals surface area contributed by atoms with Gasteiger partial charge in [0.05, 0.1) is 19.8 Å². The molecule has 1 aliphatic heterocycles. The van der Waals surface area contributed by atoms with Crippen LogP contribution in [0.1, 0.15) is 16.7 Å². The van der Waals surface area contributed by atoms with Crippen molar-refractivity contribution in [1.82, 2.24) is 15.0 Å². The maximum absolute atomic E-state index is 13.2. The van der Waals surface area contributed by atoms with Gasteiger partial charge in [0.25, 0.3) is 0 Å². The molecule has 1 saturated heterocycles. The summed E-state index contributed by atoms with van der Waals surface area (Å²) >= 11 is 0. The van der Waals surface area contributed by atoms with Crippen LogP contribution in [0.15, 0.2) is 48.9 Å². The molecule has 4 rings (SSSR count). The first kappa shape index (κ1) is 21.0. The fraction of sp³-hybridized carbons (Fsp3) is 0.286. The highest BCUT2D eigenvalue weighted by Gasteiger charge is 2.37. The standard InChI is InChI=1S/C21H19F3N4O3/c22-21(23,24)18-9-27-20(28-19(18)31-17-11-30-12-17)26-7-13-1-3-15(4-2-13)16-5-14(10-29)6-25-8-16/h1-6,8-9,17,29H,7,10-12H2,(H,26,27,28). The molecule has 3 aromatic rings. The van der Waals surface area contributed by atoms with Crippen molar-refractivity contribution in [3.63, 3.8) is 0 Å². The van der Waals surface area contributed by atoms with Gasteiger partial charge >= 0.3 is 6.18 Å². The van der Waals surface area contributed by atoms with Gasteiger partial charge in [0.2, 0.25) is 11.8 Å². The molecule has 1 aliphatic rings. The molecule has 3 heterocycles. The molecule has 0 saturated carbocycles. The second kappa shape index (κ2) is 8.86. The van der Waals surface area contributed by atoms with Crippen molar-refractivity contribution >= 4 is 5.95 Å². The van der Waals surface area contributed by atoms with Crippen LogP contribution in [0, 0.1) is 0 Å². The Labute approximate surface area is 175 Å². The number of anilines is 1. The summed E-state index contributed by atoms with van der Waals surface area (Å²) < 4.78 is 49.9. The second-order valence-electron chi connectivity index (χ2n) is 6.98. The van der Waals surface area contributed by atoms with Crippen molar-refractivity contribution in [2.24, 2.45) is 0 Å². The Kier molecular flexibility index (Phi) is 6.01. The number of aliphatic hydroxyl groups is 1. The number of rotatable bonds is 7. The van der Waals surface area contributed by atoms with Gasteiger partial charge in [-0.1, -0.05) is 24.3 Å². The highest BCUT2D eigenvalue weighted by atomic mass is 19.4. The lowest BCUT2D eigenvalue weighted by molar-refractivity contribution is -0.142. The summed E-state index contributed by atoms with van der Waals surface area (Å²) in [4.78, 5) is 11.8. The molecule has 162 valence electrons. The Morgan fingerprint density at radius 2 is 1.84 bits per heavy atom. The number of aliphatic hydroxyl groups excluding tert-OH is 1. The highest BCUT2D eigenvalue weighted by molar-refractivity contribution is 5.63. The molecule has 0 atom stereocenters. The van der Waals surface area contributed by atoms with Crippen molar-refractivity contribution in [3.05, 3.63) is 65.6 Å². The normalized spacial score (nSPS) is 14.2. The van der Waals surface area contributed by atoms with E-state index in [2.05, 4.69) is 20.3 Å². The summed E-state index contributed by atoms with van der Waals surface area (Å²) in [6, 6.07) is 9.40. The van der Waals surface area contributed by atoms with Crippen molar-refractivity contribution in [3.8, 4) is 17.0 Å². The molecule has 31 heavy (non-hydrogen) atoms. The van der Waals surface area contributed by atoms with Crippen molar-refractivity contribution in [2.45, 2.75) is 25.4 Å². The number of ether oxygens (including phenoxy) is 2. The van der Waals surface area contributed by atoms with Crippen LogP contribution in [-0.4, -0.2) is 39.4 Å². The zero-order chi connectivity index (χ0) is 21.8. The first-order valence-electron chi connectivity index (χ1n) is 9.49. The van der Waals surface area contributed by atoms with E-state index in [4.69, 9.17) is 9.47 Å². The van der Waals surface area contributed by atoms with E-state index in [1.807, 2.05) is 30.3 Å². The molecule has 0 bridgehead atoms. The Hall–Kier alpha value is -3.24. The van der Waals surface area contributed by atoms with Gasteiger partial charge in [0.1, 0.15) is 11.7 Å². The average Bonchev–Trinajstić information content (AvgIpc) is 2.74. The van der Waals surface area contributed by atoms with E-state index < -0.39 is 23.7 Å². The van der Waals surface area contributed by atoms with Crippen LogP contribution in [0.2, 0.25) is 0 Å². The lowest BCUT2D eigenvalue weighted by atomic mass is 10.0. The molecule has 1 fully saturated rings. The van der Waals surface area contributed by atoms with E-state index in [1.54, 1.807) is 12.4 Å². The third-order valence-corrected chi connectivity index (χ3v) is 4.66. The fourth-order valence-electron chi connectivity index (χ4n) is 2.90. The van der Waals surface area contributed by atoms with Gasteiger partial charge in [-0.3, -0.25) is 4.98 Å². The first-order valence-corrected chi connectivity index (χ1v) is 9.49. The minimum atomic E-state index is -4.61. The van der Waals surface area contributed by atoms with Crippen LogP contribution in [0.5, 0.6) is 5.88 Å². The molecule has 0 unspecified atom stereocenters. The number of nitrogens with one attached hydrogen (secondary N) is 1. The van der Waals surface area contributed by atoms with Crippen LogP contribution in [0.25, 0.3) is 11.1 Å². The van der Waals surface area contributed by atoms with Crippen molar-refractivity contribution in [2.75, 3.05) is 18.5 Å². The quantitative estimate of drug-likeness (QED) is 0.591. The Morgan fingerprint density at radius 1 is 1.06 bits per heavy atom. The third-order valence-electron chi connectivity index (χ3n) is 4.66. The Bertz CT molecular complexity index is 1040. The number of hydrogen-bond acceptors (Lipinski definition) is 7. The predicted molar refractivity (Wildman–Crippen MR) is 105 cm³/mol. The number of hydrogen-bond donors (Lipinski definition) is 2. The fourth-order valence-corrected chi connectivity index (χ4v) is 2.90. The topological polar surface area (TPSA) is 89.4 Å². The summed E-state index contributed by atoms with van der Waals surface area (Å²) in [5, 5.41) is 12.2. The minimum Gasteiger partial charge on any atom is -0.469 e. The number of halogens is 3. The van der Waals surface area contributed by atoms with E-state index in [0.717, 1.165) is 16.7 Å². The first-order chi connectivity index (χ1) is 14.9. The molecule has 0 amide bonds. The molecule has 0 spiro atoms. The van der Waals surface area contributed by atoms with E-state index in [1.165, 1.54) is 0 Å². The lowest BCUT2D eigenvalue weighted by Gasteiger charge is -2.27. The molecule has 2 aromatic heterocycles. The summed E-state index contributed by atoms with van der Waals surface area (Å²) in [5.41, 5.74) is 2.38. The Balaban J connectivity index is 1.45. The van der Waals surface area contributed by atoms with E-state index in [9.17, 15) is 18.3 Å². The molecule has 0 radical (unpaired) electrons. The van der Waals surface area contributed by atoms with Gasteiger partial charge in [0, 0.05) is 30.7 Å². The maximum atomic E-state index is 13.2. The number of alkyl halides is 3. The third kappa shape index (κ3) is 5.09. The zero-order valence-corrected chi connectivity index (χ0v) is 16.3. The SMILES string of the molecule is OCc1cncc(-c2ccc(CNc3ncc(C(F)(F)F)c(OC4COC4)n3)cc2)c1. The summed E-state index contributed by atoms with van der Waals surface area (Å²) in [6.45, 7) is 0.683. The largest absolute Gasteiger partial charge is 0.469 e. The van der Waals surface area contributed by atoms with Crippen LogP contribution >= 0.6 is 0 Å². The number of aromatic nitrogens is 3. The average molecular weight is 432 g/mol. The van der Waals surface area contributed by atoms with Gasteiger partial charge in [-0.15, -0.1) is 0 Å². The van der Waals surface area contributed by atoms with E-state index >= 15 is 0 Å². The summed E-state index contributed by atoms with van der Waals surface area (Å²) in [7, 11) is 0. The number of benzene rings is 1. The van der Waals surface area contributed by atoms with E-state index in [-0.39, 0.29) is 25.8 Å². The van der Waals surface area contributed by atoms with Gasteiger partial charge in [-0.05, 0) is 22.8 Å². The lowest BCUT2D eigenvalue weighted by Crippen LogP contribution is -2.39. The zero-order valence-electron chi connectivity index (χ0n) is 16.3. The number of nitrogens with zero attached hydrogens (tertiary/aromatic N) is 3. The van der Waals surface area contributed by atoms with Crippen LogP contribution in [-0.2, 0) is 24.1 Å². The van der Waals surface area contributed by atoms with Crippen LogP contribution in [0.3, 0.4) is 0 Å². The second-order valence-corrected chi connectivity index (χ2v) is 6.98. The van der Waals surface area contributed by atoms with Gasteiger partial charge in [-0.25, -0.2) is 4.98 Å². The molecule has 2 N–H and O–H groups in total. The predicted octanol–water partition coefficient (Wildman–Crippen LogP) is 3.44. The molecule has 7 nitrogen and oxygen atoms in total. The summed E-state index contributed by atoms with van der Waals surface area (Å²) in [6.07, 6.45) is -1.04. The van der Waals surface area contributed by atoms with Crippen LogP contribution < -0.4 is 10.1 Å². The van der Waals surface area contributed by atoms with Gasteiger partial charge in [0.15, 0.2) is 0 Å². The monoisotopic (exact) mass is 432 g/mol. The smallest absolute Gasteiger partial charge is 0.423 e. The minimum absolute atomic E-state index is 0.0344. The van der Waals surface area contributed by atoms with Gasteiger partial charge < -0.3 is 19.9 Å². The van der Waals surface area contributed by atoms with Crippen molar-refractivity contribution < 1.29 is 27.8 Å². The van der Waals surface area contributed by atoms with E-state index in [0.29, 0.717) is 18.3 Å². The molecular formula is C21H19F3N4O3. The van der Waals surface area contributed by atoms with Crippen LogP contribution in [0.4, 0.5) is 19.1 Å². The number of pyridine rings is 1. The van der Waals surface area contributed by atoms with Crippen molar-refractivity contribution in [1.29, 1.82) is 0 Å². The van der Waals surface area contributed by atoms with Gasteiger partial charge in [-0.2, -0.15) is 18.2 Å². The molecule has 10 heteroatoms. The Morgan fingerprint density at radius 3 is 2.48 bits per heavy atom. The molecular weight excluding hydrogens is 413 g/mol. The summed E-state index contributed by atoms with van der Waals surface area (Å²) in [5.74, 6) is -0.475. The highest BCUT2D eigenvalue weighted by Crippen LogP contribution is 2.36.